The first-order valence-electron chi connectivity index (χ1n) is 6.56. The van der Waals surface area contributed by atoms with Gasteiger partial charge in [-0.15, -0.1) is 0 Å². The van der Waals surface area contributed by atoms with E-state index in [0.29, 0.717) is 4.43 Å². The molecule has 0 radical (unpaired) electrons. The summed E-state index contributed by atoms with van der Waals surface area (Å²) in [5.41, 5.74) is 0. The molecule has 1 rings (SSSR count). The van der Waals surface area contributed by atoms with Gasteiger partial charge in [0, 0.05) is 32.3 Å². The van der Waals surface area contributed by atoms with Crippen LogP contribution in [0.25, 0.3) is 0 Å². The van der Waals surface area contributed by atoms with E-state index < -0.39 is 48.6 Å². The number of hydrogen-bond acceptors (Lipinski definition) is 8. The molecule has 0 amide bonds. The second-order valence-electron chi connectivity index (χ2n) is 4.66. The van der Waals surface area contributed by atoms with Crippen molar-refractivity contribution >= 4 is 40.5 Å². The van der Waals surface area contributed by atoms with Crippen molar-refractivity contribution in [1.82, 2.24) is 0 Å². The fourth-order valence-electron chi connectivity index (χ4n) is 2.17. The fraction of sp³-hybridized carbons (Fsp3) is 0.769. The zero-order valence-corrected chi connectivity index (χ0v) is 14.9. The number of esters is 3. The molecule has 0 aromatic heterocycles. The van der Waals surface area contributed by atoms with Crippen LogP contribution >= 0.6 is 22.6 Å². The summed E-state index contributed by atoms with van der Waals surface area (Å²) in [4.78, 5) is 34.0. The summed E-state index contributed by atoms with van der Waals surface area (Å²) in [5.74, 6) is -1.75. The van der Waals surface area contributed by atoms with E-state index in [4.69, 9.17) is 23.7 Å². The minimum Gasteiger partial charge on any atom is -0.456 e. The van der Waals surface area contributed by atoms with Gasteiger partial charge in [-0.1, -0.05) is 22.6 Å². The Bertz CT molecular complexity index is 396. The van der Waals surface area contributed by atoms with Gasteiger partial charge in [-0.05, 0) is 0 Å². The second kappa shape index (κ2) is 8.63. The van der Waals surface area contributed by atoms with E-state index in [1.54, 1.807) is 0 Å². The molecule has 9 heteroatoms. The molecule has 0 spiro atoms. The molecule has 126 valence electrons. The van der Waals surface area contributed by atoms with Crippen molar-refractivity contribution in [2.24, 2.45) is 0 Å². The van der Waals surface area contributed by atoms with Gasteiger partial charge in [0.2, 0.25) is 0 Å². The maximum absolute atomic E-state index is 11.4. The summed E-state index contributed by atoms with van der Waals surface area (Å²) in [6.07, 6.45) is -4.43. The lowest BCUT2D eigenvalue weighted by Crippen LogP contribution is -2.62. The maximum atomic E-state index is 11.4. The first kappa shape index (κ1) is 19.1. The van der Waals surface area contributed by atoms with Crippen molar-refractivity contribution in [2.45, 2.75) is 51.5 Å². The van der Waals surface area contributed by atoms with Gasteiger partial charge in [-0.2, -0.15) is 0 Å². The molecule has 1 fully saturated rings. The van der Waals surface area contributed by atoms with Crippen LogP contribution in [0.3, 0.4) is 0 Å². The second-order valence-corrected chi connectivity index (χ2v) is 5.54. The molecule has 1 saturated heterocycles. The fourth-order valence-corrected chi connectivity index (χ4v) is 2.88. The molecule has 0 aromatic carbocycles. The van der Waals surface area contributed by atoms with Crippen LogP contribution in [0.15, 0.2) is 0 Å². The quantitative estimate of drug-likeness (QED) is 0.271. The van der Waals surface area contributed by atoms with Crippen LogP contribution in [-0.2, 0) is 38.1 Å². The van der Waals surface area contributed by atoms with Gasteiger partial charge in [-0.3, -0.25) is 14.4 Å². The average molecular weight is 430 g/mol. The molecular weight excluding hydrogens is 411 g/mol. The Balaban J connectivity index is 3.14. The molecule has 0 saturated carbocycles. The smallest absolute Gasteiger partial charge is 0.303 e. The van der Waals surface area contributed by atoms with Crippen LogP contribution in [0.2, 0.25) is 0 Å². The number of halogens is 1. The molecule has 0 N–H and O–H groups in total. The van der Waals surface area contributed by atoms with E-state index in [-0.39, 0.29) is 0 Å². The lowest BCUT2D eigenvalue weighted by Gasteiger charge is -2.43. The number of ether oxygens (including phenoxy) is 5. The van der Waals surface area contributed by atoms with E-state index in [2.05, 4.69) is 22.6 Å². The van der Waals surface area contributed by atoms with Crippen molar-refractivity contribution < 1.29 is 38.1 Å². The van der Waals surface area contributed by atoms with Gasteiger partial charge in [0.1, 0.15) is 6.10 Å². The van der Waals surface area contributed by atoms with Crippen LogP contribution in [0.1, 0.15) is 20.8 Å². The van der Waals surface area contributed by atoms with Gasteiger partial charge in [0.05, 0.1) is 0 Å². The zero-order chi connectivity index (χ0) is 16.9. The highest BCUT2D eigenvalue weighted by Gasteiger charge is 2.51. The molecule has 0 aromatic rings. The average Bonchev–Trinajstić information content (AvgIpc) is 2.41. The molecule has 0 unspecified atom stereocenters. The van der Waals surface area contributed by atoms with Crippen LogP contribution in [-0.4, -0.2) is 60.2 Å². The number of rotatable bonds is 5. The Morgan fingerprint density at radius 1 is 0.909 bits per heavy atom. The summed E-state index contributed by atoms with van der Waals surface area (Å²) in [7, 11) is 1.38. The van der Waals surface area contributed by atoms with Crippen LogP contribution in [0.5, 0.6) is 0 Å². The number of carbonyl (C=O) groups is 3. The monoisotopic (exact) mass is 430 g/mol. The van der Waals surface area contributed by atoms with Gasteiger partial charge >= 0.3 is 17.9 Å². The highest BCUT2D eigenvalue weighted by molar-refractivity contribution is 14.1. The molecule has 0 bridgehead atoms. The van der Waals surface area contributed by atoms with E-state index >= 15 is 0 Å². The van der Waals surface area contributed by atoms with Gasteiger partial charge in [0.15, 0.2) is 24.6 Å². The summed E-state index contributed by atoms with van der Waals surface area (Å²) >= 11 is 2.05. The van der Waals surface area contributed by atoms with Crippen molar-refractivity contribution in [3.63, 3.8) is 0 Å². The molecule has 5 atom stereocenters. The Morgan fingerprint density at radius 2 is 1.36 bits per heavy atom. The summed E-state index contributed by atoms with van der Waals surface area (Å²) in [6, 6.07) is 0. The predicted molar refractivity (Wildman–Crippen MR) is 81.2 cm³/mol. The highest BCUT2D eigenvalue weighted by atomic mass is 127. The summed E-state index contributed by atoms with van der Waals surface area (Å²) < 4.78 is 26.9. The number of methoxy groups -OCH3 is 1. The lowest BCUT2D eigenvalue weighted by molar-refractivity contribution is -0.293. The van der Waals surface area contributed by atoms with Crippen molar-refractivity contribution in [3.05, 3.63) is 0 Å². The topological polar surface area (TPSA) is 97.4 Å². The molecule has 1 aliphatic heterocycles. The Kier molecular flexibility index (Phi) is 7.49. The summed E-state index contributed by atoms with van der Waals surface area (Å²) in [5, 5.41) is 0. The summed E-state index contributed by atoms with van der Waals surface area (Å²) in [6.45, 7) is 3.66. The van der Waals surface area contributed by atoms with Gasteiger partial charge in [-0.25, -0.2) is 0 Å². The highest BCUT2D eigenvalue weighted by Crippen LogP contribution is 2.30. The van der Waals surface area contributed by atoms with Gasteiger partial charge < -0.3 is 23.7 Å². The predicted octanol–water partition coefficient (Wildman–Crippen LogP) is 0.588. The first-order valence-corrected chi connectivity index (χ1v) is 8.08. The third kappa shape index (κ3) is 5.06. The van der Waals surface area contributed by atoms with Gasteiger partial charge in [0.25, 0.3) is 0 Å². The molecule has 0 aliphatic carbocycles. The van der Waals surface area contributed by atoms with Crippen LogP contribution in [0.4, 0.5) is 0 Å². The Morgan fingerprint density at radius 3 is 1.77 bits per heavy atom. The minimum absolute atomic E-state index is 0.458. The number of hydrogen-bond donors (Lipinski definition) is 0. The van der Waals surface area contributed by atoms with E-state index in [1.165, 1.54) is 27.9 Å². The SMILES string of the molecule is CO[C@@H]1O[C@H](CI)[C@@H](OC(C)=O)[C@@H](OC(C)=O)[C@@H]1OC(C)=O. The molecule has 1 aliphatic rings. The molecular formula is C13H19IO8. The first-order chi connectivity index (χ1) is 10.3. The standard InChI is InChI=1S/C13H19IO8/c1-6(15)19-10-9(5-14)22-13(18-4)12(21-8(3)17)11(10)20-7(2)16/h9-13H,5H2,1-4H3/t9-,10-,11-,12+,13-/m1/s1. The minimum atomic E-state index is -1.03. The zero-order valence-electron chi connectivity index (χ0n) is 12.7. The number of carbonyl (C=O) groups excluding carboxylic acids is 3. The van der Waals surface area contributed by atoms with E-state index in [1.807, 2.05) is 0 Å². The molecule has 22 heavy (non-hydrogen) atoms. The largest absolute Gasteiger partial charge is 0.456 e. The third-order valence-corrected chi connectivity index (χ3v) is 3.75. The molecule has 1 heterocycles. The van der Waals surface area contributed by atoms with E-state index in [0.717, 1.165) is 0 Å². The van der Waals surface area contributed by atoms with Crippen molar-refractivity contribution in [3.8, 4) is 0 Å². The Labute approximate surface area is 141 Å². The molecule has 8 nitrogen and oxygen atoms in total. The van der Waals surface area contributed by atoms with Crippen LogP contribution < -0.4 is 0 Å². The normalized spacial score (nSPS) is 31.2. The maximum Gasteiger partial charge on any atom is 0.303 e. The van der Waals surface area contributed by atoms with E-state index in [9.17, 15) is 14.4 Å². The Hall–Kier alpha value is -0.940. The lowest BCUT2D eigenvalue weighted by atomic mass is 9.99. The van der Waals surface area contributed by atoms with Crippen LogP contribution in [0, 0.1) is 0 Å². The van der Waals surface area contributed by atoms with Crippen molar-refractivity contribution in [1.29, 1.82) is 0 Å². The number of alkyl halides is 1. The third-order valence-electron chi connectivity index (χ3n) is 2.88. The van der Waals surface area contributed by atoms with Crippen molar-refractivity contribution in [2.75, 3.05) is 11.5 Å².